The van der Waals surface area contributed by atoms with Gasteiger partial charge in [-0.2, -0.15) is 0 Å². The summed E-state index contributed by atoms with van der Waals surface area (Å²) >= 11 is 0. The Bertz CT molecular complexity index is 1750. The first-order valence-corrected chi connectivity index (χ1v) is 17.7. The third-order valence-corrected chi connectivity index (χ3v) is 9.78. The number of H-pyrrole nitrogens is 1. The van der Waals surface area contributed by atoms with E-state index in [1.165, 1.54) is 6.42 Å². The van der Waals surface area contributed by atoms with E-state index >= 15 is 0 Å². The molecule has 1 aliphatic carbocycles. The summed E-state index contributed by atoms with van der Waals surface area (Å²) in [6, 6.07) is 17.9. The van der Waals surface area contributed by atoms with Gasteiger partial charge >= 0.3 is 0 Å². The molecule has 0 radical (unpaired) electrons. The number of para-hydroxylation sites is 1. The van der Waals surface area contributed by atoms with Crippen molar-refractivity contribution in [1.82, 2.24) is 20.9 Å². The molecule has 5 rings (SSSR count). The number of hydrogen-bond acceptors (Lipinski definition) is 5. The van der Waals surface area contributed by atoms with Crippen molar-refractivity contribution in [2.75, 3.05) is 0 Å². The first-order valence-electron chi connectivity index (χ1n) is 17.7. The van der Waals surface area contributed by atoms with Crippen LogP contribution in [-0.2, 0) is 32.0 Å². The van der Waals surface area contributed by atoms with Crippen LogP contribution in [0.3, 0.4) is 0 Å². The molecule has 0 unspecified atom stereocenters. The van der Waals surface area contributed by atoms with Crippen LogP contribution in [-0.4, -0.2) is 52.8 Å². The summed E-state index contributed by atoms with van der Waals surface area (Å²) < 4.78 is 0. The smallest absolute Gasteiger partial charge is 0.243 e. The van der Waals surface area contributed by atoms with Crippen LogP contribution in [0, 0.1) is 5.92 Å². The molecule has 0 bridgehead atoms. The Morgan fingerprint density at radius 2 is 1.45 bits per heavy atom. The second-order valence-electron chi connectivity index (χ2n) is 13.5. The number of carbonyl (C=O) groups excluding carboxylic acids is 4. The number of hydrogen-bond donors (Lipinski definition) is 6. The quantitative estimate of drug-likeness (QED) is 0.103. The first-order chi connectivity index (χ1) is 23.7. The van der Waals surface area contributed by atoms with E-state index in [0.29, 0.717) is 18.8 Å². The van der Waals surface area contributed by atoms with Crippen LogP contribution in [0.15, 0.2) is 72.9 Å². The van der Waals surface area contributed by atoms with Crippen LogP contribution in [0.5, 0.6) is 0 Å². The van der Waals surface area contributed by atoms with Crippen molar-refractivity contribution in [2.24, 2.45) is 17.4 Å². The van der Waals surface area contributed by atoms with Gasteiger partial charge in [0.1, 0.15) is 18.1 Å². The van der Waals surface area contributed by atoms with Crippen LogP contribution in [0.2, 0.25) is 0 Å². The first kappa shape index (κ1) is 35.6. The second-order valence-corrected chi connectivity index (χ2v) is 13.5. The minimum Gasteiger partial charge on any atom is -0.368 e. The fraction of sp³-hybridized carbons (Fsp3) is 0.436. The van der Waals surface area contributed by atoms with Gasteiger partial charge in [0.25, 0.3) is 0 Å². The number of aromatic nitrogens is 1. The Balaban J connectivity index is 1.41. The third kappa shape index (κ3) is 9.69. The number of nitrogens with two attached hydrogens (primary N) is 2. The number of primary amides is 1. The summed E-state index contributed by atoms with van der Waals surface area (Å²) in [4.78, 5) is 57.3. The van der Waals surface area contributed by atoms with Gasteiger partial charge in [-0.3, -0.25) is 19.2 Å². The van der Waals surface area contributed by atoms with Crippen molar-refractivity contribution in [3.63, 3.8) is 0 Å². The zero-order chi connectivity index (χ0) is 34.8. The molecule has 1 aromatic heterocycles. The third-order valence-electron chi connectivity index (χ3n) is 9.78. The van der Waals surface area contributed by atoms with Gasteiger partial charge in [0.15, 0.2) is 0 Å². The molecule has 0 spiro atoms. The molecule has 10 nitrogen and oxygen atoms in total. The summed E-state index contributed by atoms with van der Waals surface area (Å²) in [5, 5.41) is 11.7. The maximum Gasteiger partial charge on any atom is 0.243 e. The maximum atomic E-state index is 14.2. The van der Waals surface area contributed by atoms with E-state index in [4.69, 9.17) is 11.5 Å². The Hall–Kier alpha value is -4.70. The van der Waals surface area contributed by atoms with Crippen molar-refractivity contribution >= 4 is 45.3 Å². The van der Waals surface area contributed by atoms with E-state index in [9.17, 15) is 19.2 Å². The molecular weight excluding hydrogens is 616 g/mol. The van der Waals surface area contributed by atoms with Crippen LogP contribution in [0.4, 0.5) is 0 Å². The van der Waals surface area contributed by atoms with Crippen molar-refractivity contribution in [2.45, 2.75) is 102 Å². The molecule has 4 atom stereocenters. The summed E-state index contributed by atoms with van der Waals surface area (Å²) in [6.07, 6.45) is 10.1. The minimum absolute atomic E-state index is 0.156. The zero-order valence-corrected chi connectivity index (χ0v) is 28.4. The van der Waals surface area contributed by atoms with Crippen LogP contribution >= 0.6 is 0 Å². The van der Waals surface area contributed by atoms with Gasteiger partial charge in [-0.15, -0.1) is 0 Å². The summed E-state index contributed by atoms with van der Waals surface area (Å²) in [5.74, 6) is -1.75. The molecule has 260 valence electrons. The number of amides is 4. The van der Waals surface area contributed by atoms with Crippen molar-refractivity contribution < 1.29 is 19.2 Å². The SMILES string of the molecule is CCCC[C@H](N)C(=O)N[C@@H](Cc1ccc2ccccc2c1)C(=O)N[C@H](Cc1c[nH]c2ccccc12)C(=O)N[C@@H](CC1CCCCC1)C(N)=O. The van der Waals surface area contributed by atoms with Crippen LogP contribution in [0.1, 0.15) is 75.8 Å². The maximum absolute atomic E-state index is 14.2. The van der Waals surface area contributed by atoms with Crippen molar-refractivity contribution in [3.8, 4) is 0 Å². The molecule has 0 aliphatic heterocycles. The summed E-state index contributed by atoms with van der Waals surface area (Å²) in [6.45, 7) is 2.03. The van der Waals surface area contributed by atoms with Crippen LogP contribution < -0.4 is 27.4 Å². The number of nitrogens with one attached hydrogen (secondary N) is 4. The number of aromatic amines is 1. The highest BCUT2D eigenvalue weighted by Crippen LogP contribution is 2.27. The molecule has 8 N–H and O–H groups in total. The lowest BCUT2D eigenvalue weighted by Crippen LogP contribution is -2.58. The molecule has 0 saturated heterocycles. The molecule has 1 heterocycles. The van der Waals surface area contributed by atoms with E-state index in [1.54, 1.807) is 0 Å². The molecule has 49 heavy (non-hydrogen) atoms. The average molecular weight is 667 g/mol. The van der Waals surface area contributed by atoms with E-state index < -0.39 is 47.8 Å². The van der Waals surface area contributed by atoms with E-state index in [0.717, 1.165) is 71.3 Å². The fourth-order valence-corrected chi connectivity index (χ4v) is 6.92. The highest BCUT2D eigenvalue weighted by molar-refractivity contribution is 5.95. The Morgan fingerprint density at radius 3 is 2.18 bits per heavy atom. The topological polar surface area (TPSA) is 172 Å². The number of fused-ring (bicyclic) bond motifs is 2. The van der Waals surface area contributed by atoms with Gasteiger partial charge in [-0.25, -0.2) is 0 Å². The lowest BCUT2D eigenvalue weighted by molar-refractivity contribution is -0.133. The van der Waals surface area contributed by atoms with E-state index in [1.807, 2.05) is 79.9 Å². The highest BCUT2D eigenvalue weighted by Gasteiger charge is 2.32. The molecular formula is C39H50N6O4. The average Bonchev–Trinajstić information content (AvgIpc) is 3.52. The van der Waals surface area contributed by atoms with E-state index in [2.05, 4.69) is 20.9 Å². The second kappa shape index (κ2) is 17.1. The predicted molar refractivity (Wildman–Crippen MR) is 193 cm³/mol. The lowest BCUT2D eigenvalue weighted by Gasteiger charge is -2.28. The number of rotatable bonds is 16. The number of carbonyl (C=O) groups is 4. The van der Waals surface area contributed by atoms with Gasteiger partial charge in [0, 0.05) is 29.9 Å². The fourth-order valence-electron chi connectivity index (χ4n) is 6.92. The minimum atomic E-state index is -1.05. The van der Waals surface area contributed by atoms with Gasteiger partial charge in [-0.1, -0.05) is 113 Å². The molecule has 4 amide bonds. The van der Waals surface area contributed by atoms with Gasteiger partial charge < -0.3 is 32.4 Å². The van der Waals surface area contributed by atoms with Gasteiger partial charge in [-0.05, 0) is 46.7 Å². The summed E-state index contributed by atoms with van der Waals surface area (Å²) in [5.41, 5.74) is 14.6. The molecule has 3 aromatic carbocycles. The Kier molecular flexibility index (Phi) is 12.4. The standard InChI is InChI=1S/C39H50N6O4/c1-2-3-16-31(40)37(47)44-34(22-26-18-19-27-13-7-8-14-28(27)20-26)38(48)45-35(23-29-24-42-32-17-10-9-15-30(29)32)39(49)43-33(36(41)46)21-25-11-5-4-6-12-25/h7-10,13-15,17-20,24-25,31,33-35,42H,2-6,11-12,16,21-23,40H2,1H3,(H2,41,46)(H,43,49)(H,44,47)(H,45,48)/t31-,33-,34-,35+/m0/s1. The normalized spacial score (nSPS) is 16.0. The molecule has 10 heteroatoms. The lowest BCUT2D eigenvalue weighted by atomic mass is 9.84. The Morgan fingerprint density at radius 1 is 0.796 bits per heavy atom. The largest absolute Gasteiger partial charge is 0.368 e. The Labute approximate surface area is 288 Å². The molecule has 1 saturated carbocycles. The number of unbranched alkanes of at least 4 members (excludes halogenated alkanes) is 1. The number of benzene rings is 3. The van der Waals surface area contributed by atoms with Gasteiger partial charge in [0.05, 0.1) is 6.04 Å². The van der Waals surface area contributed by atoms with Crippen LogP contribution in [0.25, 0.3) is 21.7 Å². The monoisotopic (exact) mass is 666 g/mol. The van der Waals surface area contributed by atoms with E-state index in [-0.39, 0.29) is 12.8 Å². The molecule has 1 aliphatic rings. The molecule has 1 fully saturated rings. The van der Waals surface area contributed by atoms with Gasteiger partial charge in [0.2, 0.25) is 23.6 Å². The molecule has 4 aromatic rings. The highest BCUT2D eigenvalue weighted by atomic mass is 16.2. The predicted octanol–water partition coefficient (Wildman–Crippen LogP) is 4.53. The van der Waals surface area contributed by atoms with Crippen molar-refractivity contribution in [1.29, 1.82) is 0 Å². The zero-order valence-electron chi connectivity index (χ0n) is 28.4. The summed E-state index contributed by atoms with van der Waals surface area (Å²) in [7, 11) is 0. The van der Waals surface area contributed by atoms with Crippen molar-refractivity contribution in [3.05, 3.63) is 84.1 Å².